The van der Waals surface area contributed by atoms with Gasteiger partial charge in [-0.25, -0.2) is 0 Å². The van der Waals surface area contributed by atoms with Gasteiger partial charge in [-0.05, 0) is 19.3 Å². The summed E-state index contributed by atoms with van der Waals surface area (Å²) < 4.78 is 5.29. The van der Waals surface area contributed by atoms with Gasteiger partial charge in [0.15, 0.2) is 0 Å². The highest BCUT2D eigenvalue weighted by Crippen LogP contribution is 2.24. The summed E-state index contributed by atoms with van der Waals surface area (Å²) in [5.41, 5.74) is 0. The predicted molar refractivity (Wildman–Crippen MR) is 65.3 cm³/mol. The lowest BCUT2D eigenvalue weighted by Crippen LogP contribution is -2.59. The second-order valence-electron chi connectivity index (χ2n) is 4.98. The minimum absolute atomic E-state index is 0.0623. The van der Waals surface area contributed by atoms with Crippen LogP contribution in [0.25, 0.3) is 0 Å². The predicted octanol–water partition coefficient (Wildman–Crippen LogP) is -2.26. The highest BCUT2D eigenvalue weighted by Gasteiger charge is 2.43. The Morgan fingerprint density at radius 3 is 2.11 bits per heavy atom. The van der Waals surface area contributed by atoms with Crippen molar-refractivity contribution in [2.24, 2.45) is 0 Å². The number of hydrogen-bond donors (Lipinski definition) is 6. The Kier molecular flexibility index (Phi) is 7.16. The lowest BCUT2D eigenvalue weighted by molar-refractivity contribution is -0.234. The van der Waals surface area contributed by atoms with Crippen molar-refractivity contribution >= 4 is 0 Å². The summed E-state index contributed by atoms with van der Waals surface area (Å²) in [6.45, 7) is -0.408. The van der Waals surface area contributed by atoms with Gasteiger partial charge in [0, 0.05) is 13.0 Å². The summed E-state index contributed by atoms with van der Waals surface area (Å²) in [4.78, 5) is 0. The summed E-state index contributed by atoms with van der Waals surface area (Å²) in [5.74, 6) is 0. The van der Waals surface area contributed by atoms with Gasteiger partial charge in [-0.2, -0.15) is 0 Å². The molecule has 0 amide bonds. The first-order chi connectivity index (χ1) is 9.01. The van der Waals surface area contributed by atoms with Gasteiger partial charge >= 0.3 is 0 Å². The van der Waals surface area contributed by atoms with Gasteiger partial charge in [-0.15, -0.1) is 0 Å². The van der Waals surface area contributed by atoms with Crippen molar-refractivity contribution in [3.63, 3.8) is 0 Å². The zero-order valence-electron chi connectivity index (χ0n) is 10.8. The van der Waals surface area contributed by atoms with E-state index in [1.807, 2.05) is 0 Å². The largest absolute Gasteiger partial charge is 0.396 e. The van der Waals surface area contributed by atoms with E-state index in [9.17, 15) is 20.4 Å². The van der Waals surface area contributed by atoms with E-state index in [-0.39, 0.29) is 13.0 Å². The van der Waals surface area contributed by atoms with Crippen LogP contribution in [0.3, 0.4) is 0 Å². The fraction of sp³-hybridized carbons (Fsp3) is 1.00. The average Bonchev–Trinajstić information content (AvgIpc) is 2.39. The first kappa shape index (κ1) is 16.8. The molecule has 1 heterocycles. The first-order valence-corrected chi connectivity index (χ1v) is 6.60. The van der Waals surface area contributed by atoms with Gasteiger partial charge in [0.05, 0.1) is 18.8 Å². The molecular formula is C12H24O7. The molecule has 19 heavy (non-hydrogen) atoms. The Labute approximate surface area is 112 Å². The maximum atomic E-state index is 9.78. The molecule has 0 aliphatic carbocycles. The summed E-state index contributed by atoms with van der Waals surface area (Å²) in [5, 5.41) is 56.4. The minimum Gasteiger partial charge on any atom is -0.396 e. The van der Waals surface area contributed by atoms with Gasteiger partial charge in [0.2, 0.25) is 0 Å². The lowest BCUT2D eigenvalue weighted by Gasteiger charge is -2.40. The summed E-state index contributed by atoms with van der Waals surface area (Å²) in [6, 6.07) is 0. The monoisotopic (exact) mass is 280 g/mol. The molecule has 7 heteroatoms. The lowest BCUT2D eigenvalue weighted by atomic mass is 9.91. The number of aliphatic hydroxyl groups excluding tert-OH is 6. The second kappa shape index (κ2) is 8.11. The SMILES string of the molecule is OCCCCC(O)C[C@H]1O[C@H](CO)[C@@H](O)[C@H](O)[C@H]1O. The molecule has 0 radical (unpaired) electrons. The minimum atomic E-state index is -1.40. The molecule has 6 atom stereocenters. The van der Waals surface area contributed by atoms with E-state index in [2.05, 4.69) is 0 Å². The molecular weight excluding hydrogens is 256 g/mol. The van der Waals surface area contributed by atoms with Crippen LogP contribution in [0.4, 0.5) is 0 Å². The first-order valence-electron chi connectivity index (χ1n) is 6.60. The Morgan fingerprint density at radius 2 is 1.53 bits per heavy atom. The number of rotatable bonds is 7. The van der Waals surface area contributed by atoms with Crippen LogP contribution in [0.2, 0.25) is 0 Å². The van der Waals surface area contributed by atoms with Gasteiger partial charge in [-0.1, -0.05) is 0 Å². The highest BCUT2D eigenvalue weighted by molar-refractivity contribution is 4.92. The van der Waals surface area contributed by atoms with Crippen LogP contribution in [0.5, 0.6) is 0 Å². The van der Waals surface area contributed by atoms with Crippen LogP contribution >= 0.6 is 0 Å². The molecule has 0 bridgehead atoms. The van der Waals surface area contributed by atoms with Gasteiger partial charge in [-0.3, -0.25) is 0 Å². The Hall–Kier alpha value is -0.280. The van der Waals surface area contributed by atoms with E-state index >= 15 is 0 Å². The second-order valence-corrected chi connectivity index (χ2v) is 4.98. The molecule has 1 unspecified atom stereocenters. The van der Waals surface area contributed by atoms with E-state index in [0.717, 1.165) is 0 Å². The number of unbranched alkanes of at least 4 members (excludes halogenated alkanes) is 1. The third-order valence-electron chi connectivity index (χ3n) is 3.44. The van der Waals surface area contributed by atoms with E-state index in [0.29, 0.717) is 19.3 Å². The van der Waals surface area contributed by atoms with Crippen LogP contribution in [0.15, 0.2) is 0 Å². The molecule has 1 fully saturated rings. The smallest absolute Gasteiger partial charge is 0.111 e. The van der Waals surface area contributed by atoms with Crippen molar-refractivity contribution in [2.75, 3.05) is 13.2 Å². The standard InChI is InChI=1S/C12H24O7/c13-4-2-1-3-7(15)5-8-10(16)12(18)11(17)9(6-14)19-8/h7-18H,1-6H2/t7?,8-,9-,10+,11-,12-/m1/s1. The molecule has 1 rings (SSSR count). The topological polar surface area (TPSA) is 131 Å². The van der Waals surface area contributed by atoms with Crippen LogP contribution in [-0.2, 0) is 4.74 Å². The van der Waals surface area contributed by atoms with Crippen molar-refractivity contribution in [1.29, 1.82) is 0 Å². The molecule has 6 N–H and O–H groups in total. The Morgan fingerprint density at radius 1 is 0.895 bits per heavy atom. The molecule has 114 valence electrons. The van der Waals surface area contributed by atoms with E-state index in [1.54, 1.807) is 0 Å². The molecule has 7 nitrogen and oxygen atoms in total. The maximum Gasteiger partial charge on any atom is 0.111 e. The zero-order chi connectivity index (χ0) is 14.4. The van der Waals surface area contributed by atoms with Crippen LogP contribution in [0, 0.1) is 0 Å². The van der Waals surface area contributed by atoms with E-state index in [4.69, 9.17) is 14.9 Å². The number of ether oxygens (including phenoxy) is 1. The van der Waals surface area contributed by atoms with Crippen LogP contribution in [0.1, 0.15) is 25.7 Å². The van der Waals surface area contributed by atoms with E-state index < -0.39 is 43.2 Å². The molecule has 1 aliphatic heterocycles. The Bertz CT molecular complexity index is 248. The average molecular weight is 280 g/mol. The molecule has 0 spiro atoms. The van der Waals surface area contributed by atoms with Crippen LogP contribution < -0.4 is 0 Å². The summed E-state index contributed by atoms with van der Waals surface area (Å²) in [6.07, 6.45) is -4.78. The normalized spacial score (nSPS) is 37.3. The molecule has 0 aromatic carbocycles. The van der Waals surface area contributed by atoms with Crippen molar-refractivity contribution in [1.82, 2.24) is 0 Å². The van der Waals surface area contributed by atoms with Crippen molar-refractivity contribution < 1.29 is 35.4 Å². The summed E-state index contributed by atoms with van der Waals surface area (Å²) in [7, 11) is 0. The van der Waals surface area contributed by atoms with Crippen LogP contribution in [-0.4, -0.2) is 80.5 Å². The van der Waals surface area contributed by atoms with Crippen molar-refractivity contribution in [2.45, 2.75) is 62.3 Å². The molecule has 0 aromatic rings. The highest BCUT2D eigenvalue weighted by atomic mass is 16.5. The molecule has 1 saturated heterocycles. The van der Waals surface area contributed by atoms with Crippen molar-refractivity contribution in [3.8, 4) is 0 Å². The molecule has 1 aliphatic rings. The van der Waals surface area contributed by atoms with Gasteiger partial charge in [0.1, 0.15) is 24.4 Å². The third-order valence-corrected chi connectivity index (χ3v) is 3.44. The van der Waals surface area contributed by atoms with E-state index in [1.165, 1.54) is 0 Å². The van der Waals surface area contributed by atoms with Gasteiger partial charge < -0.3 is 35.4 Å². The maximum absolute atomic E-state index is 9.78. The fourth-order valence-corrected chi connectivity index (χ4v) is 2.25. The fourth-order valence-electron chi connectivity index (χ4n) is 2.25. The third kappa shape index (κ3) is 4.64. The molecule has 0 saturated carbocycles. The number of aliphatic hydroxyl groups is 6. The number of hydrogen-bond acceptors (Lipinski definition) is 7. The quantitative estimate of drug-likeness (QED) is 0.290. The molecule has 0 aromatic heterocycles. The summed E-state index contributed by atoms with van der Waals surface area (Å²) >= 11 is 0. The van der Waals surface area contributed by atoms with Crippen molar-refractivity contribution in [3.05, 3.63) is 0 Å². The van der Waals surface area contributed by atoms with Gasteiger partial charge in [0.25, 0.3) is 0 Å². The zero-order valence-corrected chi connectivity index (χ0v) is 10.8. The Balaban J connectivity index is 2.47.